The van der Waals surface area contributed by atoms with Crippen molar-refractivity contribution in [2.75, 3.05) is 6.61 Å². The lowest BCUT2D eigenvalue weighted by Crippen LogP contribution is -2.36. The van der Waals surface area contributed by atoms with E-state index in [1.54, 1.807) is 43.3 Å². The van der Waals surface area contributed by atoms with Crippen molar-refractivity contribution < 1.29 is 23.8 Å². The first-order chi connectivity index (χ1) is 21.8. The second-order valence-corrected chi connectivity index (χ2v) is 12.0. The molecule has 0 fully saturated rings. The predicted octanol–water partition coefficient (Wildman–Crippen LogP) is 10.4. The maximum atomic E-state index is 12.9. The molecule has 6 nitrogen and oxygen atoms in total. The minimum atomic E-state index is -1.24. The highest BCUT2D eigenvalue weighted by Gasteiger charge is 2.41. The number of hydrogen-bond acceptors (Lipinski definition) is 6. The van der Waals surface area contributed by atoms with Gasteiger partial charge in [-0.1, -0.05) is 103 Å². The van der Waals surface area contributed by atoms with Crippen LogP contribution in [0.25, 0.3) is 11.1 Å². The van der Waals surface area contributed by atoms with Crippen molar-refractivity contribution in [1.29, 1.82) is 5.26 Å². The van der Waals surface area contributed by atoms with E-state index in [0.29, 0.717) is 17.1 Å². The highest BCUT2D eigenvalue weighted by Crippen LogP contribution is 2.33. The van der Waals surface area contributed by atoms with E-state index in [9.17, 15) is 14.9 Å². The first kappa shape index (κ1) is 35.4. The van der Waals surface area contributed by atoms with Crippen molar-refractivity contribution in [3.05, 3.63) is 78.4 Å². The van der Waals surface area contributed by atoms with Crippen molar-refractivity contribution in [3.63, 3.8) is 0 Å². The minimum Gasteiger partial charge on any atom is -0.494 e. The maximum Gasteiger partial charge on any atom is 0.343 e. The van der Waals surface area contributed by atoms with Gasteiger partial charge in [-0.15, -0.1) is 0 Å². The van der Waals surface area contributed by atoms with E-state index in [4.69, 9.17) is 14.2 Å². The van der Waals surface area contributed by atoms with Gasteiger partial charge in [0.05, 0.1) is 18.2 Å². The fourth-order valence-electron chi connectivity index (χ4n) is 5.09. The smallest absolute Gasteiger partial charge is 0.343 e. The summed E-state index contributed by atoms with van der Waals surface area (Å²) in [7, 11) is 0. The van der Waals surface area contributed by atoms with Gasteiger partial charge in [-0.2, -0.15) is 5.26 Å². The molecular weight excluding hydrogens is 562 g/mol. The lowest BCUT2D eigenvalue weighted by atomic mass is 9.76. The average Bonchev–Trinajstić information content (AvgIpc) is 3.07. The van der Waals surface area contributed by atoms with Gasteiger partial charge >= 0.3 is 11.9 Å². The molecule has 0 aliphatic heterocycles. The molecule has 0 bridgehead atoms. The monoisotopic (exact) mass is 611 g/mol. The number of nitrogens with zero attached hydrogens (tertiary/aromatic N) is 1. The van der Waals surface area contributed by atoms with Crippen LogP contribution in [0.15, 0.2) is 72.8 Å². The number of carbonyl (C=O) groups is 2. The second-order valence-electron chi connectivity index (χ2n) is 12.0. The fourth-order valence-corrected chi connectivity index (χ4v) is 5.09. The Bertz CT molecular complexity index is 1360. The standard InChI is InChI=1S/C39H49NO5/c1-5-7-9-11-12-14-28-43-34-22-20-32(21-23-34)31-16-18-33(19-17-31)37(41)44-35-24-26-36(27-25-35)45-38(42)39(4,29-40)30(3)15-13-10-8-6-2/h16-27,30H,5-15,28H2,1-4H3/t30-,39+/m1/s1. The van der Waals surface area contributed by atoms with E-state index in [0.717, 1.165) is 62.0 Å². The summed E-state index contributed by atoms with van der Waals surface area (Å²) in [6.45, 7) is 8.68. The summed E-state index contributed by atoms with van der Waals surface area (Å²) >= 11 is 0. The van der Waals surface area contributed by atoms with E-state index in [2.05, 4.69) is 19.9 Å². The summed E-state index contributed by atoms with van der Waals surface area (Å²) in [6.07, 6.45) is 12.5. The highest BCUT2D eigenvalue weighted by molar-refractivity contribution is 5.91. The first-order valence-corrected chi connectivity index (χ1v) is 16.6. The molecule has 0 spiro atoms. The largest absolute Gasteiger partial charge is 0.494 e. The molecule has 0 aliphatic carbocycles. The summed E-state index contributed by atoms with van der Waals surface area (Å²) < 4.78 is 17.0. The van der Waals surface area contributed by atoms with Crippen molar-refractivity contribution in [2.24, 2.45) is 11.3 Å². The Morgan fingerprint density at radius 1 is 0.689 bits per heavy atom. The Morgan fingerprint density at radius 2 is 1.18 bits per heavy atom. The van der Waals surface area contributed by atoms with E-state index in [1.165, 1.54) is 32.1 Å². The molecule has 0 amide bonds. The van der Waals surface area contributed by atoms with Crippen LogP contribution in [0.2, 0.25) is 0 Å². The van der Waals surface area contributed by atoms with Gasteiger partial charge in [0.15, 0.2) is 5.41 Å². The molecule has 0 unspecified atom stereocenters. The molecule has 0 aromatic heterocycles. The normalized spacial score (nSPS) is 12.9. The Labute approximate surface area is 269 Å². The number of hydrogen-bond donors (Lipinski definition) is 0. The Morgan fingerprint density at radius 3 is 1.76 bits per heavy atom. The van der Waals surface area contributed by atoms with E-state index in [1.807, 2.05) is 43.3 Å². The number of nitriles is 1. The third-order valence-electron chi connectivity index (χ3n) is 8.45. The van der Waals surface area contributed by atoms with Crippen LogP contribution in [0, 0.1) is 22.7 Å². The van der Waals surface area contributed by atoms with Crippen molar-refractivity contribution >= 4 is 11.9 Å². The molecule has 0 N–H and O–H groups in total. The lowest BCUT2D eigenvalue weighted by Gasteiger charge is -2.26. The number of ether oxygens (including phenoxy) is 3. The third kappa shape index (κ3) is 11.1. The zero-order valence-corrected chi connectivity index (χ0v) is 27.5. The topological polar surface area (TPSA) is 85.6 Å². The van der Waals surface area contributed by atoms with Crippen LogP contribution in [-0.2, 0) is 4.79 Å². The zero-order valence-electron chi connectivity index (χ0n) is 27.5. The van der Waals surface area contributed by atoms with Gasteiger partial charge in [0, 0.05) is 0 Å². The van der Waals surface area contributed by atoms with Gasteiger partial charge < -0.3 is 14.2 Å². The number of carbonyl (C=O) groups excluding carboxylic acids is 2. The zero-order chi connectivity index (χ0) is 32.5. The number of benzene rings is 3. The minimum absolute atomic E-state index is 0.133. The van der Waals surface area contributed by atoms with Crippen LogP contribution >= 0.6 is 0 Å². The molecule has 2 atom stereocenters. The van der Waals surface area contributed by atoms with Crippen molar-refractivity contribution in [1.82, 2.24) is 0 Å². The molecule has 45 heavy (non-hydrogen) atoms. The SMILES string of the molecule is CCCCCCCCOc1ccc(-c2ccc(C(=O)Oc3ccc(OC(=O)[C@@](C)(C#N)[C@H](C)CCCCCC)cc3)cc2)cc1. The second kappa shape index (κ2) is 18.6. The molecule has 0 saturated carbocycles. The summed E-state index contributed by atoms with van der Waals surface area (Å²) in [6, 6.07) is 23.7. The molecule has 240 valence electrons. The Balaban J connectivity index is 1.49. The molecule has 0 radical (unpaired) electrons. The van der Waals surface area contributed by atoms with Gasteiger partial charge in [-0.3, -0.25) is 0 Å². The summed E-state index contributed by atoms with van der Waals surface area (Å²) in [5, 5.41) is 9.80. The van der Waals surface area contributed by atoms with Crippen molar-refractivity contribution in [3.8, 4) is 34.4 Å². The van der Waals surface area contributed by atoms with Gasteiger partial charge in [0.25, 0.3) is 0 Å². The number of esters is 2. The predicted molar refractivity (Wildman–Crippen MR) is 179 cm³/mol. The lowest BCUT2D eigenvalue weighted by molar-refractivity contribution is -0.144. The molecule has 3 aromatic rings. The van der Waals surface area contributed by atoms with Crippen LogP contribution in [0.1, 0.15) is 109 Å². The van der Waals surface area contributed by atoms with E-state index < -0.39 is 17.4 Å². The molecule has 0 heterocycles. The van der Waals surface area contributed by atoms with Crippen LogP contribution in [0.5, 0.6) is 17.2 Å². The molecule has 6 heteroatoms. The van der Waals surface area contributed by atoms with Crippen LogP contribution < -0.4 is 14.2 Å². The van der Waals surface area contributed by atoms with Gasteiger partial charge in [-0.25, -0.2) is 9.59 Å². The van der Waals surface area contributed by atoms with Crippen LogP contribution in [-0.4, -0.2) is 18.5 Å². The molecular formula is C39H49NO5. The third-order valence-corrected chi connectivity index (χ3v) is 8.45. The first-order valence-electron chi connectivity index (χ1n) is 16.6. The fraction of sp³-hybridized carbons (Fsp3) is 0.462. The molecule has 0 aliphatic rings. The van der Waals surface area contributed by atoms with Crippen molar-refractivity contribution in [2.45, 2.75) is 98.3 Å². The van der Waals surface area contributed by atoms with Gasteiger partial charge in [0.2, 0.25) is 0 Å². The molecule has 3 aromatic carbocycles. The van der Waals surface area contributed by atoms with Gasteiger partial charge in [-0.05, 0) is 85.3 Å². The number of unbranched alkanes of at least 4 members (excludes halogenated alkanes) is 8. The van der Waals surface area contributed by atoms with Crippen LogP contribution in [0.3, 0.4) is 0 Å². The average molecular weight is 612 g/mol. The maximum absolute atomic E-state index is 12.9. The van der Waals surface area contributed by atoms with E-state index in [-0.39, 0.29) is 5.92 Å². The van der Waals surface area contributed by atoms with Crippen LogP contribution in [0.4, 0.5) is 0 Å². The molecule has 0 saturated heterocycles. The molecule has 3 rings (SSSR count). The quantitative estimate of drug-likeness (QED) is 0.0761. The summed E-state index contributed by atoms with van der Waals surface area (Å²) in [5.41, 5.74) is 1.20. The highest BCUT2D eigenvalue weighted by atomic mass is 16.5. The van der Waals surface area contributed by atoms with E-state index >= 15 is 0 Å². The summed E-state index contributed by atoms with van der Waals surface area (Å²) in [5.74, 6) is 0.286. The Hall–Kier alpha value is -4.11. The summed E-state index contributed by atoms with van der Waals surface area (Å²) in [4.78, 5) is 25.7. The Kier molecular flexibility index (Phi) is 14.7. The number of rotatable bonds is 19. The van der Waals surface area contributed by atoms with Gasteiger partial charge in [0.1, 0.15) is 17.2 Å².